The molecule has 1 unspecified atom stereocenters. The highest BCUT2D eigenvalue weighted by atomic mass is 32.1. The SMILES string of the molecule is CCCNC(Cc1nccs1)C(C)(C)C. The second-order valence-corrected chi connectivity index (χ2v) is 5.98. The number of rotatable bonds is 5. The van der Waals surface area contributed by atoms with E-state index in [1.54, 1.807) is 11.3 Å². The van der Waals surface area contributed by atoms with Gasteiger partial charge in [-0.2, -0.15) is 0 Å². The summed E-state index contributed by atoms with van der Waals surface area (Å²) in [5.74, 6) is 0. The Labute approximate surface area is 97.1 Å². The van der Waals surface area contributed by atoms with E-state index in [1.165, 1.54) is 11.4 Å². The number of thiazole rings is 1. The second kappa shape index (κ2) is 5.61. The predicted molar refractivity (Wildman–Crippen MR) is 67.4 cm³/mol. The molecular weight excluding hydrogens is 204 g/mol. The molecule has 0 saturated carbocycles. The highest BCUT2D eigenvalue weighted by Gasteiger charge is 2.24. The summed E-state index contributed by atoms with van der Waals surface area (Å²) in [6.07, 6.45) is 4.12. The summed E-state index contributed by atoms with van der Waals surface area (Å²) in [4.78, 5) is 4.36. The van der Waals surface area contributed by atoms with Crippen molar-refractivity contribution in [3.8, 4) is 0 Å². The Balaban J connectivity index is 2.57. The molecule has 0 aliphatic carbocycles. The molecule has 2 nitrogen and oxygen atoms in total. The Kier molecular flexibility index (Phi) is 4.74. The summed E-state index contributed by atoms with van der Waals surface area (Å²) in [6, 6.07) is 0.517. The molecule has 1 atom stereocenters. The third-order valence-electron chi connectivity index (χ3n) is 2.55. The molecule has 1 heterocycles. The van der Waals surface area contributed by atoms with Gasteiger partial charge in [0.05, 0.1) is 5.01 Å². The molecule has 1 N–H and O–H groups in total. The lowest BCUT2D eigenvalue weighted by Crippen LogP contribution is -2.42. The molecule has 0 radical (unpaired) electrons. The predicted octanol–water partition coefficient (Wildman–Crippen LogP) is 3.10. The van der Waals surface area contributed by atoms with Crippen molar-refractivity contribution < 1.29 is 0 Å². The fourth-order valence-corrected chi connectivity index (χ4v) is 2.19. The second-order valence-electron chi connectivity index (χ2n) is 5.00. The normalized spacial score (nSPS) is 14.1. The van der Waals surface area contributed by atoms with Gasteiger partial charge in [-0.05, 0) is 18.4 Å². The summed E-state index contributed by atoms with van der Waals surface area (Å²) in [5.41, 5.74) is 0.292. The maximum absolute atomic E-state index is 4.36. The number of hydrogen-bond acceptors (Lipinski definition) is 3. The molecule has 0 aromatic carbocycles. The first-order chi connectivity index (χ1) is 7.04. The third-order valence-corrected chi connectivity index (χ3v) is 3.35. The van der Waals surface area contributed by atoms with E-state index in [2.05, 4.69) is 43.4 Å². The summed E-state index contributed by atoms with van der Waals surface area (Å²) in [7, 11) is 0. The molecule has 0 spiro atoms. The van der Waals surface area contributed by atoms with Gasteiger partial charge in [-0.1, -0.05) is 27.7 Å². The zero-order chi connectivity index (χ0) is 11.3. The first-order valence-corrected chi connectivity index (χ1v) is 6.53. The van der Waals surface area contributed by atoms with Crippen LogP contribution in [0.25, 0.3) is 0 Å². The van der Waals surface area contributed by atoms with Gasteiger partial charge < -0.3 is 5.32 Å². The van der Waals surface area contributed by atoms with Crippen molar-refractivity contribution in [1.29, 1.82) is 0 Å². The van der Waals surface area contributed by atoms with E-state index in [-0.39, 0.29) is 0 Å². The first kappa shape index (κ1) is 12.7. The summed E-state index contributed by atoms with van der Waals surface area (Å²) < 4.78 is 0. The van der Waals surface area contributed by atoms with Crippen LogP contribution < -0.4 is 5.32 Å². The molecule has 15 heavy (non-hydrogen) atoms. The third kappa shape index (κ3) is 4.31. The molecule has 0 aliphatic heterocycles. The minimum absolute atomic E-state index is 0.292. The quantitative estimate of drug-likeness (QED) is 0.834. The zero-order valence-corrected chi connectivity index (χ0v) is 11.0. The Morgan fingerprint density at radius 1 is 1.47 bits per heavy atom. The summed E-state index contributed by atoms with van der Waals surface area (Å²) in [5, 5.41) is 6.90. The van der Waals surface area contributed by atoms with E-state index < -0.39 is 0 Å². The van der Waals surface area contributed by atoms with E-state index in [0.717, 1.165) is 13.0 Å². The molecule has 1 aromatic rings. The number of hydrogen-bond donors (Lipinski definition) is 1. The van der Waals surface area contributed by atoms with Crippen LogP contribution in [0.5, 0.6) is 0 Å². The molecular formula is C12H22N2S. The van der Waals surface area contributed by atoms with Crippen LogP contribution in [-0.4, -0.2) is 17.6 Å². The van der Waals surface area contributed by atoms with Crippen LogP contribution in [0.2, 0.25) is 0 Å². The molecule has 1 aromatic heterocycles. The monoisotopic (exact) mass is 226 g/mol. The summed E-state index contributed by atoms with van der Waals surface area (Å²) in [6.45, 7) is 10.2. The van der Waals surface area contributed by atoms with Gasteiger partial charge in [0.25, 0.3) is 0 Å². The van der Waals surface area contributed by atoms with Crippen molar-refractivity contribution >= 4 is 11.3 Å². The lowest BCUT2D eigenvalue weighted by atomic mass is 9.85. The van der Waals surface area contributed by atoms with Crippen LogP contribution in [-0.2, 0) is 6.42 Å². The topological polar surface area (TPSA) is 24.9 Å². The van der Waals surface area contributed by atoms with Crippen molar-refractivity contribution in [2.24, 2.45) is 5.41 Å². The van der Waals surface area contributed by atoms with Crippen LogP contribution in [0.1, 0.15) is 39.1 Å². The fraction of sp³-hybridized carbons (Fsp3) is 0.750. The minimum Gasteiger partial charge on any atom is -0.313 e. The molecule has 1 rings (SSSR count). The molecule has 0 fully saturated rings. The number of nitrogens with one attached hydrogen (secondary N) is 1. The van der Waals surface area contributed by atoms with Crippen molar-refractivity contribution in [2.45, 2.75) is 46.6 Å². The molecule has 0 bridgehead atoms. The highest BCUT2D eigenvalue weighted by Crippen LogP contribution is 2.23. The van der Waals surface area contributed by atoms with Crippen LogP contribution >= 0.6 is 11.3 Å². The van der Waals surface area contributed by atoms with Gasteiger partial charge in [0.2, 0.25) is 0 Å². The lowest BCUT2D eigenvalue weighted by molar-refractivity contribution is 0.266. The van der Waals surface area contributed by atoms with Crippen LogP contribution in [0, 0.1) is 5.41 Å². The zero-order valence-electron chi connectivity index (χ0n) is 10.2. The Morgan fingerprint density at radius 2 is 2.20 bits per heavy atom. The number of aromatic nitrogens is 1. The van der Waals surface area contributed by atoms with Gasteiger partial charge in [-0.25, -0.2) is 4.98 Å². The maximum atomic E-state index is 4.36. The average molecular weight is 226 g/mol. The maximum Gasteiger partial charge on any atom is 0.0940 e. The van der Waals surface area contributed by atoms with Gasteiger partial charge in [-0.3, -0.25) is 0 Å². The highest BCUT2D eigenvalue weighted by molar-refractivity contribution is 7.09. The number of nitrogens with zero attached hydrogens (tertiary/aromatic N) is 1. The molecule has 0 amide bonds. The Bertz CT molecular complexity index is 262. The molecule has 86 valence electrons. The average Bonchev–Trinajstić information content (AvgIpc) is 2.62. The van der Waals surface area contributed by atoms with Gasteiger partial charge in [0, 0.05) is 24.0 Å². The van der Waals surface area contributed by atoms with Gasteiger partial charge in [0.1, 0.15) is 0 Å². The van der Waals surface area contributed by atoms with Crippen LogP contribution in [0.15, 0.2) is 11.6 Å². The Morgan fingerprint density at radius 3 is 2.67 bits per heavy atom. The van der Waals surface area contributed by atoms with Crippen molar-refractivity contribution in [1.82, 2.24) is 10.3 Å². The minimum atomic E-state index is 0.292. The smallest absolute Gasteiger partial charge is 0.0940 e. The van der Waals surface area contributed by atoms with Crippen LogP contribution in [0.3, 0.4) is 0 Å². The van der Waals surface area contributed by atoms with Gasteiger partial charge >= 0.3 is 0 Å². The molecule has 0 aliphatic rings. The van der Waals surface area contributed by atoms with Crippen molar-refractivity contribution in [2.75, 3.05) is 6.54 Å². The van der Waals surface area contributed by atoms with E-state index in [0.29, 0.717) is 11.5 Å². The van der Waals surface area contributed by atoms with E-state index in [9.17, 15) is 0 Å². The van der Waals surface area contributed by atoms with E-state index >= 15 is 0 Å². The molecule has 3 heteroatoms. The Hall–Kier alpha value is -0.410. The van der Waals surface area contributed by atoms with Crippen LogP contribution in [0.4, 0.5) is 0 Å². The lowest BCUT2D eigenvalue weighted by Gasteiger charge is -2.31. The van der Waals surface area contributed by atoms with Crippen molar-refractivity contribution in [3.05, 3.63) is 16.6 Å². The fourth-order valence-electron chi connectivity index (χ4n) is 1.53. The largest absolute Gasteiger partial charge is 0.313 e. The first-order valence-electron chi connectivity index (χ1n) is 5.65. The van der Waals surface area contributed by atoms with E-state index in [4.69, 9.17) is 0 Å². The van der Waals surface area contributed by atoms with Crippen molar-refractivity contribution in [3.63, 3.8) is 0 Å². The van der Waals surface area contributed by atoms with Gasteiger partial charge in [0.15, 0.2) is 0 Å². The van der Waals surface area contributed by atoms with Gasteiger partial charge in [-0.15, -0.1) is 11.3 Å². The summed E-state index contributed by atoms with van der Waals surface area (Å²) >= 11 is 1.75. The van der Waals surface area contributed by atoms with E-state index in [1.807, 2.05) is 6.20 Å². The standard InChI is InChI=1S/C12H22N2S/c1-5-6-13-10(12(2,3)4)9-11-14-7-8-15-11/h7-8,10,13H,5-6,9H2,1-4H3. The molecule has 0 saturated heterocycles.